The minimum Gasteiger partial charge on any atom is -0.493 e. The van der Waals surface area contributed by atoms with Gasteiger partial charge >= 0.3 is 0 Å². The van der Waals surface area contributed by atoms with Gasteiger partial charge in [-0.3, -0.25) is 4.79 Å². The van der Waals surface area contributed by atoms with Gasteiger partial charge in [-0.1, -0.05) is 11.6 Å². The van der Waals surface area contributed by atoms with Gasteiger partial charge in [-0.2, -0.15) is 0 Å². The van der Waals surface area contributed by atoms with Gasteiger partial charge in [-0.15, -0.1) is 10.2 Å². The van der Waals surface area contributed by atoms with Gasteiger partial charge in [0.1, 0.15) is 17.4 Å². The van der Waals surface area contributed by atoms with Crippen molar-refractivity contribution in [2.24, 2.45) is 0 Å². The smallest absolute Gasteiger partial charge is 0.225 e. The Morgan fingerprint density at radius 3 is 2.69 bits per heavy atom. The first kappa shape index (κ1) is 17.3. The van der Waals surface area contributed by atoms with Crippen LogP contribution >= 0.6 is 11.6 Å². The van der Waals surface area contributed by atoms with Gasteiger partial charge < -0.3 is 14.2 Å². The highest BCUT2D eigenvalue weighted by Gasteiger charge is 2.29. The van der Waals surface area contributed by atoms with Crippen molar-refractivity contribution in [2.45, 2.75) is 44.6 Å². The van der Waals surface area contributed by atoms with Crippen LogP contribution in [-0.4, -0.2) is 45.3 Å². The second kappa shape index (κ2) is 7.66. The third-order valence-corrected chi connectivity index (χ3v) is 5.50. The molecule has 0 bridgehead atoms. The van der Waals surface area contributed by atoms with Gasteiger partial charge in [0.2, 0.25) is 5.91 Å². The number of aryl methyl sites for hydroxylation is 1. The number of rotatable bonds is 5. The summed E-state index contributed by atoms with van der Waals surface area (Å²) in [5.74, 6) is 3.56. The summed E-state index contributed by atoms with van der Waals surface area (Å²) in [5, 5.41) is 9.38. The fraction of sp³-hybridized carbons (Fsp3) is 0.526. The maximum absolute atomic E-state index is 12.4. The summed E-state index contributed by atoms with van der Waals surface area (Å²) >= 11 is 5.85. The number of hydrogen-bond acceptors (Lipinski definition) is 4. The Kier molecular flexibility index (Phi) is 5.11. The van der Waals surface area contributed by atoms with Gasteiger partial charge in [0.15, 0.2) is 0 Å². The highest BCUT2D eigenvalue weighted by Crippen LogP contribution is 2.29. The number of hydrogen-bond donors (Lipinski definition) is 0. The maximum Gasteiger partial charge on any atom is 0.225 e. The Morgan fingerprint density at radius 1 is 1.15 bits per heavy atom. The Bertz CT molecular complexity index is 766. The lowest BCUT2D eigenvalue weighted by Crippen LogP contribution is -2.38. The third-order valence-electron chi connectivity index (χ3n) is 5.25. The third kappa shape index (κ3) is 3.70. The summed E-state index contributed by atoms with van der Waals surface area (Å²) in [5.41, 5.74) is 0. The van der Waals surface area contributed by atoms with Gasteiger partial charge in [0.25, 0.3) is 0 Å². The predicted molar refractivity (Wildman–Crippen MR) is 98.5 cm³/mol. The van der Waals surface area contributed by atoms with Gasteiger partial charge in [0, 0.05) is 37.0 Å². The molecular weight excluding hydrogens is 352 g/mol. The summed E-state index contributed by atoms with van der Waals surface area (Å²) in [7, 11) is 0. The summed E-state index contributed by atoms with van der Waals surface area (Å²) in [6.45, 7) is 3.00. The standard InChI is InChI=1S/C19H23ClN4O2/c20-15-3-5-16(6-4-15)26-13-9-18(25)23-11-7-14(8-12-23)19-22-21-17-2-1-10-24(17)19/h3-6,14H,1-2,7-13H2. The first-order chi connectivity index (χ1) is 12.7. The SMILES string of the molecule is O=C(CCOc1ccc(Cl)cc1)N1CCC(c2nnc3n2CCC3)CC1. The van der Waals surface area contributed by atoms with E-state index in [0.717, 1.165) is 56.3 Å². The molecule has 1 amide bonds. The highest BCUT2D eigenvalue weighted by molar-refractivity contribution is 6.30. The van der Waals surface area contributed by atoms with E-state index in [2.05, 4.69) is 14.8 Å². The molecule has 26 heavy (non-hydrogen) atoms. The first-order valence-corrected chi connectivity index (χ1v) is 9.66. The number of benzene rings is 1. The zero-order valence-corrected chi connectivity index (χ0v) is 15.5. The normalized spacial score (nSPS) is 17.3. The van der Waals surface area contributed by atoms with Crippen molar-refractivity contribution in [3.05, 3.63) is 40.9 Å². The number of carbonyl (C=O) groups is 1. The van der Waals surface area contributed by atoms with Crippen LogP contribution in [0.25, 0.3) is 0 Å². The van der Waals surface area contributed by atoms with Crippen LogP contribution in [0.15, 0.2) is 24.3 Å². The minimum atomic E-state index is 0.156. The molecule has 0 unspecified atom stereocenters. The molecule has 3 heterocycles. The van der Waals surface area contributed by atoms with E-state index in [0.29, 0.717) is 24.0 Å². The second-order valence-corrected chi connectivity index (χ2v) is 7.37. The number of piperidine rings is 1. The number of fused-ring (bicyclic) bond motifs is 1. The average molecular weight is 375 g/mol. The van der Waals surface area contributed by atoms with Crippen LogP contribution in [0.1, 0.15) is 43.3 Å². The molecule has 0 radical (unpaired) electrons. The molecule has 2 aliphatic heterocycles. The van der Waals surface area contributed by atoms with Crippen molar-refractivity contribution in [1.29, 1.82) is 0 Å². The van der Waals surface area contributed by atoms with Crippen molar-refractivity contribution in [2.75, 3.05) is 19.7 Å². The van der Waals surface area contributed by atoms with E-state index in [1.54, 1.807) is 12.1 Å². The fourth-order valence-corrected chi connectivity index (χ4v) is 3.93. The van der Waals surface area contributed by atoms with E-state index in [-0.39, 0.29) is 5.91 Å². The largest absolute Gasteiger partial charge is 0.493 e. The van der Waals surface area contributed by atoms with E-state index >= 15 is 0 Å². The Morgan fingerprint density at radius 2 is 1.92 bits per heavy atom. The molecule has 1 saturated heterocycles. The topological polar surface area (TPSA) is 60.2 Å². The minimum absolute atomic E-state index is 0.156. The fourth-order valence-electron chi connectivity index (χ4n) is 3.81. The number of aromatic nitrogens is 3. The number of nitrogens with zero attached hydrogens (tertiary/aromatic N) is 4. The molecule has 0 aliphatic carbocycles. The molecule has 2 aromatic rings. The molecule has 4 rings (SSSR count). The van der Waals surface area contributed by atoms with Crippen LogP contribution < -0.4 is 4.74 Å². The lowest BCUT2D eigenvalue weighted by molar-refractivity contribution is -0.132. The Hall–Kier alpha value is -2.08. The van der Waals surface area contributed by atoms with Crippen LogP contribution in [0.3, 0.4) is 0 Å². The summed E-state index contributed by atoms with van der Waals surface area (Å²) in [6.07, 6.45) is 4.53. The van der Waals surface area contributed by atoms with Crippen molar-refractivity contribution in [3.63, 3.8) is 0 Å². The molecule has 6 nitrogen and oxygen atoms in total. The quantitative estimate of drug-likeness (QED) is 0.807. The number of amides is 1. The van der Waals surface area contributed by atoms with Crippen LogP contribution in [0.4, 0.5) is 0 Å². The van der Waals surface area contributed by atoms with Crippen LogP contribution in [0.5, 0.6) is 5.75 Å². The van der Waals surface area contributed by atoms with Crippen LogP contribution in [0.2, 0.25) is 5.02 Å². The summed E-state index contributed by atoms with van der Waals surface area (Å²) < 4.78 is 7.91. The van der Waals surface area contributed by atoms with Crippen molar-refractivity contribution in [1.82, 2.24) is 19.7 Å². The molecule has 7 heteroatoms. The molecule has 0 N–H and O–H groups in total. The Labute approximate surface area is 158 Å². The highest BCUT2D eigenvalue weighted by atomic mass is 35.5. The van der Waals surface area contributed by atoms with Gasteiger partial charge in [-0.05, 0) is 43.5 Å². The summed E-state index contributed by atoms with van der Waals surface area (Å²) in [6, 6.07) is 7.19. The number of ether oxygens (including phenoxy) is 1. The van der Waals surface area contributed by atoms with Crippen molar-refractivity contribution < 1.29 is 9.53 Å². The molecular formula is C19H23ClN4O2. The van der Waals surface area contributed by atoms with Crippen LogP contribution in [0, 0.1) is 0 Å². The molecule has 1 aromatic heterocycles. The lowest BCUT2D eigenvalue weighted by atomic mass is 9.95. The first-order valence-electron chi connectivity index (χ1n) is 9.29. The number of halogens is 1. The van der Waals surface area contributed by atoms with Crippen molar-refractivity contribution in [3.8, 4) is 5.75 Å². The Balaban J connectivity index is 1.24. The zero-order chi connectivity index (χ0) is 17.9. The van der Waals surface area contributed by atoms with E-state index in [9.17, 15) is 4.79 Å². The van der Waals surface area contributed by atoms with E-state index in [1.807, 2.05) is 17.0 Å². The summed E-state index contributed by atoms with van der Waals surface area (Å²) in [4.78, 5) is 14.4. The molecule has 0 saturated carbocycles. The average Bonchev–Trinajstić information content (AvgIpc) is 3.27. The number of carbonyl (C=O) groups excluding carboxylic acids is 1. The van der Waals surface area contributed by atoms with E-state index < -0.39 is 0 Å². The van der Waals surface area contributed by atoms with Crippen molar-refractivity contribution >= 4 is 17.5 Å². The van der Waals surface area contributed by atoms with E-state index in [4.69, 9.17) is 16.3 Å². The molecule has 1 aromatic carbocycles. The van der Waals surface area contributed by atoms with Crippen LogP contribution in [-0.2, 0) is 17.8 Å². The lowest BCUT2D eigenvalue weighted by Gasteiger charge is -2.31. The molecule has 138 valence electrons. The van der Waals surface area contributed by atoms with Gasteiger partial charge in [-0.25, -0.2) is 0 Å². The molecule has 0 atom stereocenters. The number of likely N-dealkylation sites (tertiary alicyclic amines) is 1. The molecule has 2 aliphatic rings. The predicted octanol–water partition coefficient (Wildman–Crippen LogP) is 3.05. The maximum atomic E-state index is 12.4. The van der Waals surface area contributed by atoms with Gasteiger partial charge in [0.05, 0.1) is 13.0 Å². The monoisotopic (exact) mass is 374 g/mol. The zero-order valence-electron chi connectivity index (χ0n) is 14.7. The second-order valence-electron chi connectivity index (χ2n) is 6.94. The molecule has 1 fully saturated rings. The van der Waals surface area contributed by atoms with E-state index in [1.165, 1.54) is 6.42 Å². The molecule has 0 spiro atoms.